The SMILES string of the molecule is Cc1cc(-c2cnc(C(F)(F)F)nc2)cc(CN2C(=O)c3ccccc3C2O)n1. The summed E-state index contributed by atoms with van der Waals surface area (Å²) in [5.41, 5.74) is 3.02. The second kappa shape index (κ2) is 6.93. The highest BCUT2D eigenvalue weighted by molar-refractivity contribution is 5.98. The first-order valence-corrected chi connectivity index (χ1v) is 8.69. The Kier molecular flexibility index (Phi) is 4.54. The average Bonchev–Trinajstić information content (AvgIpc) is 2.92. The molecule has 3 heterocycles. The second-order valence-electron chi connectivity index (χ2n) is 6.68. The van der Waals surface area contributed by atoms with Crippen molar-refractivity contribution in [3.8, 4) is 11.1 Å². The van der Waals surface area contributed by atoms with E-state index in [-0.39, 0.29) is 12.5 Å². The lowest BCUT2D eigenvalue weighted by Gasteiger charge is -2.21. The number of hydrogen-bond donors (Lipinski definition) is 1. The Hall–Kier alpha value is -3.33. The predicted octanol–water partition coefficient (Wildman–Crippen LogP) is 3.51. The number of carbonyl (C=O) groups excluding carboxylic acids is 1. The minimum atomic E-state index is -4.61. The third-order valence-electron chi connectivity index (χ3n) is 4.60. The van der Waals surface area contributed by atoms with E-state index in [0.29, 0.717) is 33.6 Å². The summed E-state index contributed by atoms with van der Waals surface area (Å²) in [4.78, 5) is 25.0. The third kappa shape index (κ3) is 3.56. The molecule has 1 aliphatic rings. The smallest absolute Gasteiger partial charge is 0.369 e. The molecule has 2 aromatic heterocycles. The van der Waals surface area contributed by atoms with Crippen LogP contribution in [-0.2, 0) is 12.7 Å². The van der Waals surface area contributed by atoms with Crippen LogP contribution in [0.15, 0.2) is 48.8 Å². The fraction of sp³-hybridized carbons (Fsp3) is 0.200. The minimum Gasteiger partial charge on any atom is -0.369 e. The summed E-state index contributed by atoms with van der Waals surface area (Å²) in [5.74, 6) is -1.52. The molecule has 9 heteroatoms. The average molecular weight is 400 g/mol. The molecule has 1 unspecified atom stereocenters. The van der Waals surface area contributed by atoms with Crippen LogP contribution in [0.3, 0.4) is 0 Å². The summed E-state index contributed by atoms with van der Waals surface area (Å²) in [6, 6.07) is 10.1. The molecular weight excluding hydrogens is 385 g/mol. The van der Waals surface area contributed by atoms with Crippen molar-refractivity contribution in [1.29, 1.82) is 0 Å². The van der Waals surface area contributed by atoms with Gasteiger partial charge in [0.05, 0.1) is 12.2 Å². The van der Waals surface area contributed by atoms with Crippen molar-refractivity contribution in [3.63, 3.8) is 0 Å². The van der Waals surface area contributed by atoms with Gasteiger partial charge >= 0.3 is 6.18 Å². The summed E-state index contributed by atoms with van der Waals surface area (Å²) in [5, 5.41) is 10.5. The number of benzene rings is 1. The molecule has 4 rings (SSSR count). The zero-order valence-corrected chi connectivity index (χ0v) is 15.2. The van der Waals surface area contributed by atoms with Crippen molar-refractivity contribution < 1.29 is 23.1 Å². The highest BCUT2D eigenvalue weighted by Crippen LogP contribution is 2.33. The van der Waals surface area contributed by atoms with E-state index in [2.05, 4.69) is 15.0 Å². The van der Waals surface area contributed by atoms with Crippen molar-refractivity contribution >= 4 is 5.91 Å². The van der Waals surface area contributed by atoms with Crippen molar-refractivity contribution in [2.45, 2.75) is 25.9 Å². The topological polar surface area (TPSA) is 79.2 Å². The van der Waals surface area contributed by atoms with Gasteiger partial charge in [-0.25, -0.2) is 9.97 Å². The number of carbonyl (C=O) groups is 1. The van der Waals surface area contributed by atoms with E-state index >= 15 is 0 Å². The number of rotatable bonds is 3. The molecular formula is C20H15F3N4O2. The van der Waals surface area contributed by atoms with E-state index in [9.17, 15) is 23.1 Å². The Morgan fingerprint density at radius 1 is 1.10 bits per heavy atom. The zero-order valence-electron chi connectivity index (χ0n) is 15.2. The largest absolute Gasteiger partial charge is 0.451 e. The first-order valence-electron chi connectivity index (χ1n) is 8.69. The Balaban J connectivity index is 1.62. The van der Waals surface area contributed by atoms with E-state index in [1.54, 1.807) is 43.3 Å². The maximum absolute atomic E-state index is 12.7. The Bertz CT molecular complexity index is 1080. The van der Waals surface area contributed by atoms with Crippen molar-refractivity contribution in [3.05, 3.63) is 77.1 Å². The number of pyridine rings is 1. The van der Waals surface area contributed by atoms with Gasteiger partial charge in [0.1, 0.15) is 0 Å². The third-order valence-corrected chi connectivity index (χ3v) is 4.60. The van der Waals surface area contributed by atoms with Crippen LogP contribution >= 0.6 is 0 Å². The highest BCUT2D eigenvalue weighted by Gasteiger charge is 2.36. The first-order chi connectivity index (χ1) is 13.7. The number of fused-ring (bicyclic) bond motifs is 1. The lowest BCUT2D eigenvalue weighted by Crippen LogP contribution is -2.27. The molecule has 1 atom stereocenters. The number of aryl methyl sites for hydroxylation is 1. The van der Waals surface area contributed by atoms with Gasteiger partial charge in [0, 0.05) is 34.8 Å². The van der Waals surface area contributed by atoms with Crippen molar-refractivity contribution in [2.75, 3.05) is 0 Å². The number of amides is 1. The molecule has 3 aromatic rings. The van der Waals surface area contributed by atoms with Crippen LogP contribution in [-0.4, -0.2) is 30.9 Å². The van der Waals surface area contributed by atoms with Gasteiger partial charge in [0.15, 0.2) is 6.23 Å². The number of aliphatic hydroxyl groups excluding tert-OH is 1. The van der Waals surface area contributed by atoms with Crippen LogP contribution in [0.1, 0.15) is 39.4 Å². The number of halogens is 3. The van der Waals surface area contributed by atoms with Crippen LogP contribution < -0.4 is 0 Å². The lowest BCUT2D eigenvalue weighted by molar-refractivity contribution is -0.144. The molecule has 0 saturated carbocycles. The van der Waals surface area contributed by atoms with Gasteiger partial charge in [-0.3, -0.25) is 9.78 Å². The van der Waals surface area contributed by atoms with Gasteiger partial charge in [-0.1, -0.05) is 18.2 Å². The molecule has 0 aliphatic carbocycles. The number of nitrogens with zero attached hydrogens (tertiary/aromatic N) is 4. The number of hydrogen-bond acceptors (Lipinski definition) is 5. The summed E-state index contributed by atoms with van der Waals surface area (Å²) < 4.78 is 38.0. The predicted molar refractivity (Wildman–Crippen MR) is 96.3 cm³/mol. The van der Waals surface area contributed by atoms with Gasteiger partial charge in [0.2, 0.25) is 5.82 Å². The molecule has 1 amide bonds. The van der Waals surface area contributed by atoms with E-state index in [1.165, 1.54) is 4.90 Å². The van der Waals surface area contributed by atoms with Crippen LogP contribution in [0.25, 0.3) is 11.1 Å². The van der Waals surface area contributed by atoms with Gasteiger partial charge in [-0.15, -0.1) is 0 Å². The monoisotopic (exact) mass is 400 g/mol. The van der Waals surface area contributed by atoms with E-state index < -0.39 is 18.2 Å². The molecule has 29 heavy (non-hydrogen) atoms. The second-order valence-corrected chi connectivity index (χ2v) is 6.68. The zero-order chi connectivity index (χ0) is 20.8. The lowest BCUT2D eigenvalue weighted by atomic mass is 10.1. The summed E-state index contributed by atoms with van der Waals surface area (Å²) >= 11 is 0. The quantitative estimate of drug-likeness (QED) is 0.728. The van der Waals surface area contributed by atoms with E-state index in [0.717, 1.165) is 12.4 Å². The number of alkyl halides is 3. The van der Waals surface area contributed by atoms with Crippen LogP contribution in [0.2, 0.25) is 0 Å². The van der Waals surface area contributed by atoms with Crippen LogP contribution in [0, 0.1) is 6.92 Å². The fourth-order valence-electron chi connectivity index (χ4n) is 3.29. The molecule has 1 aromatic carbocycles. The standard InChI is InChI=1S/C20H15F3N4O2/c1-11-6-12(13-8-24-19(25-9-13)20(21,22)23)7-14(26-11)10-27-17(28)15-4-2-3-5-16(15)18(27)29/h2-9,17,28H,10H2,1H3. The van der Waals surface area contributed by atoms with Crippen LogP contribution in [0.5, 0.6) is 0 Å². The maximum Gasteiger partial charge on any atom is 0.451 e. The first kappa shape index (κ1) is 19.0. The van der Waals surface area contributed by atoms with Gasteiger partial charge < -0.3 is 10.0 Å². The highest BCUT2D eigenvalue weighted by atomic mass is 19.4. The Labute approximate surface area is 163 Å². The molecule has 6 nitrogen and oxygen atoms in total. The molecule has 0 fully saturated rings. The Morgan fingerprint density at radius 2 is 1.79 bits per heavy atom. The van der Waals surface area contributed by atoms with Crippen molar-refractivity contribution in [2.24, 2.45) is 0 Å². The van der Waals surface area contributed by atoms with E-state index in [1.807, 2.05) is 0 Å². The molecule has 0 spiro atoms. The van der Waals surface area contributed by atoms with Crippen molar-refractivity contribution in [1.82, 2.24) is 19.9 Å². The normalized spacial score (nSPS) is 16.2. The van der Waals surface area contributed by atoms with Gasteiger partial charge in [-0.2, -0.15) is 13.2 Å². The Morgan fingerprint density at radius 3 is 2.45 bits per heavy atom. The number of aliphatic hydroxyl groups is 1. The molecule has 0 bridgehead atoms. The maximum atomic E-state index is 12.7. The summed E-state index contributed by atoms with van der Waals surface area (Å²) in [6.45, 7) is 1.78. The molecule has 0 saturated heterocycles. The van der Waals surface area contributed by atoms with Gasteiger partial charge in [0.25, 0.3) is 5.91 Å². The summed E-state index contributed by atoms with van der Waals surface area (Å²) in [7, 11) is 0. The fourth-order valence-corrected chi connectivity index (χ4v) is 3.29. The van der Waals surface area contributed by atoms with Crippen LogP contribution in [0.4, 0.5) is 13.2 Å². The molecule has 1 aliphatic heterocycles. The van der Waals surface area contributed by atoms with Gasteiger partial charge in [-0.05, 0) is 30.7 Å². The molecule has 148 valence electrons. The number of aromatic nitrogens is 3. The minimum absolute atomic E-state index is 0.0465. The molecule has 0 radical (unpaired) electrons. The van der Waals surface area contributed by atoms with E-state index in [4.69, 9.17) is 0 Å². The summed E-state index contributed by atoms with van der Waals surface area (Å²) in [6.07, 6.45) is -3.50. The molecule has 1 N–H and O–H groups in total.